The first-order valence-corrected chi connectivity index (χ1v) is 10.9. The average Bonchev–Trinajstić information content (AvgIpc) is 2.74. The van der Waals surface area contributed by atoms with E-state index in [1.165, 1.54) is 4.90 Å². The third-order valence-electron chi connectivity index (χ3n) is 5.03. The number of hydrogen-bond acceptors (Lipinski definition) is 4. The lowest BCUT2D eigenvalue weighted by atomic mass is 10.2. The molecule has 0 radical (unpaired) electrons. The number of amides is 1. The predicted molar refractivity (Wildman–Crippen MR) is 102 cm³/mol. The first-order chi connectivity index (χ1) is 15.2. The minimum Gasteiger partial charge on any atom is -0.339 e. The smallest absolute Gasteiger partial charge is 0.339 e. The Hall–Kier alpha value is -2.87. The highest BCUT2D eigenvalue weighted by molar-refractivity contribution is 7.89. The summed E-state index contributed by atoms with van der Waals surface area (Å²) in [5, 5.41) is 0. The lowest BCUT2D eigenvalue weighted by Crippen LogP contribution is -2.51. The van der Waals surface area contributed by atoms with Crippen molar-refractivity contribution in [1.29, 1.82) is 0 Å². The summed E-state index contributed by atoms with van der Waals surface area (Å²) in [5.41, 5.74) is -2.90. The minimum atomic E-state index is -4.70. The molecule has 33 heavy (non-hydrogen) atoms. The molecule has 14 heteroatoms. The fraction of sp³-hybridized carbons (Fsp3) is 0.368. The molecule has 0 aliphatic carbocycles. The van der Waals surface area contributed by atoms with Crippen LogP contribution in [0, 0.1) is 0 Å². The van der Waals surface area contributed by atoms with E-state index in [0.717, 1.165) is 16.4 Å². The van der Waals surface area contributed by atoms with Gasteiger partial charge in [-0.25, -0.2) is 8.42 Å². The molecule has 1 aromatic carbocycles. The Bertz CT molecular complexity index is 1180. The molecule has 0 N–H and O–H groups in total. The van der Waals surface area contributed by atoms with E-state index in [0.29, 0.717) is 35.0 Å². The van der Waals surface area contributed by atoms with E-state index in [1.807, 2.05) is 0 Å². The normalized spacial score (nSPS) is 16.1. The number of aromatic nitrogens is 1. The number of nitrogens with zero attached hydrogens (tertiary/aromatic N) is 3. The van der Waals surface area contributed by atoms with Crippen molar-refractivity contribution in [3.05, 3.63) is 64.1 Å². The summed E-state index contributed by atoms with van der Waals surface area (Å²) in [6.45, 7) is -1.22. The zero-order valence-electron chi connectivity index (χ0n) is 16.7. The molecule has 1 aliphatic rings. The number of benzene rings is 1. The molecule has 1 aliphatic heterocycles. The molecule has 1 amide bonds. The van der Waals surface area contributed by atoms with Crippen molar-refractivity contribution in [2.24, 2.45) is 0 Å². The van der Waals surface area contributed by atoms with Gasteiger partial charge in [-0.3, -0.25) is 9.59 Å². The van der Waals surface area contributed by atoms with Crippen LogP contribution in [0.4, 0.5) is 26.3 Å². The van der Waals surface area contributed by atoms with Crippen LogP contribution in [0.15, 0.2) is 52.3 Å². The van der Waals surface area contributed by atoms with Gasteiger partial charge in [-0.05, 0) is 30.3 Å². The van der Waals surface area contributed by atoms with Crippen LogP contribution in [0.3, 0.4) is 0 Å². The number of halogens is 6. The fourth-order valence-electron chi connectivity index (χ4n) is 3.21. The quantitative estimate of drug-likeness (QED) is 0.608. The molecule has 0 spiro atoms. The van der Waals surface area contributed by atoms with E-state index in [9.17, 15) is 44.3 Å². The van der Waals surface area contributed by atoms with Crippen LogP contribution in [-0.2, 0) is 33.7 Å². The summed E-state index contributed by atoms with van der Waals surface area (Å²) in [4.78, 5) is 25.1. The number of carbonyl (C=O) groups is 1. The van der Waals surface area contributed by atoms with Crippen molar-refractivity contribution in [3.63, 3.8) is 0 Å². The van der Waals surface area contributed by atoms with Gasteiger partial charge in [0.2, 0.25) is 15.9 Å². The van der Waals surface area contributed by atoms with Gasteiger partial charge in [-0.15, -0.1) is 0 Å². The zero-order chi connectivity index (χ0) is 24.6. The van der Waals surface area contributed by atoms with Gasteiger partial charge in [0.1, 0.15) is 6.54 Å². The lowest BCUT2D eigenvalue weighted by molar-refractivity contribution is -0.139. The molecule has 2 heterocycles. The van der Waals surface area contributed by atoms with Crippen molar-refractivity contribution >= 4 is 15.9 Å². The number of carbonyl (C=O) groups excluding carboxylic acids is 1. The Morgan fingerprint density at radius 2 is 1.33 bits per heavy atom. The molecule has 0 bridgehead atoms. The van der Waals surface area contributed by atoms with Gasteiger partial charge in [0.25, 0.3) is 5.56 Å². The van der Waals surface area contributed by atoms with Crippen molar-refractivity contribution in [2.45, 2.75) is 23.8 Å². The highest BCUT2D eigenvalue weighted by Crippen LogP contribution is 2.30. The van der Waals surface area contributed by atoms with E-state index in [-0.39, 0.29) is 31.1 Å². The molecule has 7 nitrogen and oxygen atoms in total. The van der Waals surface area contributed by atoms with Crippen molar-refractivity contribution in [2.75, 3.05) is 26.2 Å². The third kappa shape index (κ3) is 5.55. The maximum atomic E-state index is 12.8. The second-order valence-corrected chi connectivity index (χ2v) is 9.13. The predicted octanol–water partition coefficient (Wildman–Crippen LogP) is 2.42. The molecule has 180 valence electrons. The van der Waals surface area contributed by atoms with E-state index in [4.69, 9.17) is 0 Å². The summed E-state index contributed by atoms with van der Waals surface area (Å²) in [7, 11) is -4.11. The van der Waals surface area contributed by atoms with Gasteiger partial charge in [-0.2, -0.15) is 30.6 Å². The Morgan fingerprint density at radius 1 is 0.818 bits per heavy atom. The fourth-order valence-corrected chi connectivity index (χ4v) is 4.63. The highest BCUT2D eigenvalue weighted by Gasteiger charge is 2.34. The summed E-state index contributed by atoms with van der Waals surface area (Å²) < 4.78 is 104. The van der Waals surface area contributed by atoms with Gasteiger partial charge in [0.15, 0.2) is 0 Å². The van der Waals surface area contributed by atoms with Crippen molar-refractivity contribution in [1.82, 2.24) is 13.8 Å². The summed E-state index contributed by atoms with van der Waals surface area (Å²) in [6, 6.07) is 4.29. The summed E-state index contributed by atoms with van der Waals surface area (Å²) in [6.07, 6.45) is -8.78. The molecule has 1 aromatic heterocycles. The minimum absolute atomic E-state index is 0.105. The maximum Gasteiger partial charge on any atom is 0.417 e. The van der Waals surface area contributed by atoms with E-state index in [2.05, 4.69) is 0 Å². The first kappa shape index (κ1) is 24.8. The Labute approximate surface area is 183 Å². The van der Waals surface area contributed by atoms with E-state index in [1.54, 1.807) is 0 Å². The summed E-state index contributed by atoms with van der Waals surface area (Å²) >= 11 is 0. The molecular weight excluding hydrogens is 480 g/mol. The van der Waals surface area contributed by atoms with Gasteiger partial charge in [-0.1, -0.05) is 0 Å². The lowest BCUT2D eigenvalue weighted by Gasteiger charge is -2.34. The van der Waals surface area contributed by atoms with Crippen LogP contribution in [0.1, 0.15) is 11.1 Å². The standard InChI is InChI=1S/C19H17F6N3O4S/c20-18(21,22)13-1-4-15(5-2-13)33(31,32)28-9-7-26(8-10-28)17(30)12-27-11-14(19(23,24)25)3-6-16(27)29/h1-6,11H,7-10,12H2. The number of pyridine rings is 1. The maximum absolute atomic E-state index is 12.8. The molecule has 1 fully saturated rings. The van der Waals surface area contributed by atoms with Gasteiger partial charge in [0, 0.05) is 38.4 Å². The molecule has 3 rings (SSSR count). The van der Waals surface area contributed by atoms with Gasteiger partial charge in [0.05, 0.1) is 16.0 Å². The first-order valence-electron chi connectivity index (χ1n) is 9.42. The average molecular weight is 497 g/mol. The third-order valence-corrected chi connectivity index (χ3v) is 6.94. The van der Waals surface area contributed by atoms with Gasteiger partial charge >= 0.3 is 12.4 Å². The number of piperazine rings is 1. The van der Waals surface area contributed by atoms with Crippen LogP contribution in [0.5, 0.6) is 0 Å². The Kier molecular flexibility index (Phi) is 6.62. The molecule has 0 unspecified atom stereocenters. The van der Waals surface area contributed by atoms with Crippen LogP contribution in [0.2, 0.25) is 0 Å². The SMILES string of the molecule is O=C(Cn1cc(C(F)(F)F)ccc1=O)N1CCN(S(=O)(=O)c2ccc(C(F)(F)F)cc2)CC1. The molecule has 0 atom stereocenters. The van der Waals surface area contributed by atoms with Crippen LogP contribution in [0.25, 0.3) is 0 Å². The highest BCUT2D eigenvalue weighted by atomic mass is 32.2. The largest absolute Gasteiger partial charge is 0.417 e. The van der Waals surface area contributed by atoms with E-state index >= 15 is 0 Å². The topological polar surface area (TPSA) is 79.7 Å². The number of rotatable bonds is 4. The molecular formula is C19H17F6N3O4S. The van der Waals surface area contributed by atoms with Crippen molar-refractivity contribution in [3.8, 4) is 0 Å². The summed E-state index contributed by atoms with van der Waals surface area (Å²) in [5.74, 6) is -0.678. The Balaban J connectivity index is 1.66. The van der Waals surface area contributed by atoms with Gasteiger partial charge < -0.3 is 9.47 Å². The second-order valence-electron chi connectivity index (χ2n) is 7.19. The number of alkyl halides is 6. The second kappa shape index (κ2) is 8.82. The number of sulfonamides is 1. The van der Waals surface area contributed by atoms with Crippen molar-refractivity contribution < 1.29 is 39.6 Å². The zero-order valence-corrected chi connectivity index (χ0v) is 17.5. The van der Waals surface area contributed by atoms with E-state index < -0.39 is 51.5 Å². The molecule has 2 aromatic rings. The van der Waals surface area contributed by atoms with Crippen LogP contribution >= 0.6 is 0 Å². The molecule has 1 saturated heterocycles. The van der Waals surface area contributed by atoms with Crippen LogP contribution < -0.4 is 5.56 Å². The monoisotopic (exact) mass is 497 g/mol. The number of hydrogen-bond donors (Lipinski definition) is 0. The Morgan fingerprint density at radius 3 is 1.85 bits per heavy atom. The van der Waals surface area contributed by atoms with Crippen LogP contribution in [-0.4, -0.2) is 54.3 Å². The molecule has 0 saturated carbocycles.